The second kappa shape index (κ2) is 7.00. The summed E-state index contributed by atoms with van der Waals surface area (Å²) in [6.07, 6.45) is 1.73. The van der Waals surface area contributed by atoms with Crippen LogP contribution >= 0.6 is 0 Å². The Kier molecular flexibility index (Phi) is 5.93. The molecule has 0 atom stereocenters. The SMILES string of the molecule is CCS(=O)(=O)N1CCC(NC(=O)CCC(C)=O)CC1. The van der Waals surface area contributed by atoms with E-state index < -0.39 is 10.0 Å². The van der Waals surface area contributed by atoms with Crippen molar-refractivity contribution in [3.05, 3.63) is 0 Å². The van der Waals surface area contributed by atoms with Gasteiger partial charge in [0.1, 0.15) is 5.78 Å². The summed E-state index contributed by atoms with van der Waals surface area (Å²) in [6, 6.07) is 0.0164. The summed E-state index contributed by atoms with van der Waals surface area (Å²) in [5.74, 6) is -0.0196. The minimum Gasteiger partial charge on any atom is -0.353 e. The van der Waals surface area contributed by atoms with Crippen LogP contribution in [0.5, 0.6) is 0 Å². The number of ketones is 1. The molecular formula is C12H22N2O4S. The Morgan fingerprint density at radius 3 is 2.26 bits per heavy atom. The normalized spacial score (nSPS) is 18.2. The van der Waals surface area contributed by atoms with E-state index in [0.29, 0.717) is 25.9 Å². The number of carbonyl (C=O) groups is 2. The highest BCUT2D eigenvalue weighted by Crippen LogP contribution is 2.14. The zero-order valence-electron chi connectivity index (χ0n) is 11.5. The van der Waals surface area contributed by atoms with Gasteiger partial charge < -0.3 is 10.1 Å². The van der Waals surface area contributed by atoms with E-state index in [1.165, 1.54) is 11.2 Å². The minimum absolute atomic E-state index is 0.000918. The van der Waals surface area contributed by atoms with E-state index >= 15 is 0 Å². The Labute approximate surface area is 114 Å². The second-order valence-electron chi connectivity index (χ2n) is 4.84. The van der Waals surface area contributed by atoms with Crippen LogP contribution in [0.15, 0.2) is 0 Å². The van der Waals surface area contributed by atoms with Gasteiger partial charge in [-0.1, -0.05) is 0 Å². The van der Waals surface area contributed by atoms with Gasteiger partial charge in [-0.2, -0.15) is 0 Å². The molecule has 1 aliphatic heterocycles. The molecule has 1 aliphatic rings. The molecule has 7 heteroatoms. The van der Waals surface area contributed by atoms with Gasteiger partial charge in [0.05, 0.1) is 5.75 Å². The van der Waals surface area contributed by atoms with Gasteiger partial charge in [0.2, 0.25) is 15.9 Å². The lowest BCUT2D eigenvalue weighted by Crippen LogP contribution is -2.46. The van der Waals surface area contributed by atoms with Crippen LogP contribution < -0.4 is 5.32 Å². The third-order valence-corrected chi connectivity index (χ3v) is 5.16. The summed E-state index contributed by atoms with van der Waals surface area (Å²) in [5.41, 5.74) is 0. The number of nitrogens with one attached hydrogen (secondary N) is 1. The number of Topliss-reactive ketones (excluding diaryl/α,β-unsaturated/α-hetero) is 1. The van der Waals surface area contributed by atoms with Crippen molar-refractivity contribution in [3.63, 3.8) is 0 Å². The molecule has 0 aromatic heterocycles. The van der Waals surface area contributed by atoms with Crippen molar-refractivity contribution in [2.24, 2.45) is 0 Å². The lowest BCUT2D eigenvalue weighted by atomic mass is 10.1. The van der Waals surface area contributed by atoms with Crippen LogP contribution in [0.25, 0.3) is 0 Å². The van der Waals surface area contributed by atoms with Crippen LogP contribution in [-0.2, 0) is 19.6 Å². The Morgan fingerprint density at radius 2 is 1.79 bits per heavy atom. The quantitative estimate of drug-likeness (QED) is 0.762. The van der Waals surface area contributed by atoms with Crippen molar-refractivity contribution in [2.45, 2.75) is 45.6 Å². The Hall–Kier alpha value is -0.950. The zero-order valence-corrected chi connectivity index (χ0v) is 12.3. The predicted octanol–water partition coefficient (Wildman–Crippen LogP) is 0.286. The van der Waals surface area contributed by atoms with E-state index in [4.69, 9.17) is 0 Å². The van der Waals surface area contributed by atoms with Crippen molar-refractivity contribution in [3.8, 4) is 0 Å². The van der Waals surface area contributed by atoms with Crippen LogP contribution in [0.4, 0.5) is 0 Å². The number of sulfonamides is 1. The van der Waals surface area contributed by atoms with Gasteiger partial charge in [0, 0.05) is 32.0 Å². The maximum absolute atomic E-state index is 11.7. The highest BCUT2D eigenvalue weighted by Gasteiger charge is 2.27. The first-order chi connectivity index (χ1) is 8.85. The fourth-order valence-corrected chi connectivity index (χ4v) is 3.18. The molecule has 1 N–H and O–H groups in total. The monoisotopic (exact) mass is 290 g/mol. The molecule has 1 fully saturated rings. The molecule has 1 rings (SSSR count). The highest BCUT2D eigenvalue weighted by atomic mass is 32.2. The minimum atomic E-state index is -3.12. The van der Waals surface area contributed by atoms with Gasteiger partial charge in [-0.05, 0) is 26.7 Å². The first kappa shape index (κ1) is 16.1. The lowest BCUT2D eigenvalue weighted by molar-refractivity contribution is -0.125. The van der Waals surface area contributed by atoms with Gasteiger partial charge in [-0.3, -0.25) is 4.79 Å². The molecule has 1 heterocycles. The maximum atomic E-state index is 11.7. The fourth-order valence-electron chi connectivity index (χ4n) is 2.05. The van der Waals surface area contributed by atoms with Gasteiger partial charge in [0.25, 0.3) is 0 Å². The van der Waals surface area contributed by atoms with E-state index in [-0.39, 0.29) is 36.3 Å². The Bertz CT molecular complexity index is 425. The van der Waals surface area contributed by atoms with Crippen molar-refractivity contribution in [2.75, 3.05) is 18.8 Å². The molecule has 0 saturated carbocycles. The summed E-state index contributed by atoms with van der Waals surface area (Å²) in [7, 11) is -3.12. The zero-order chi connectivity index (χ0) is 14.5. The number of nitrogens with zero attached hydrogens (tertiary/aromatic N) is 1. The van der Waals surface area contributed by atoms with Crippen LogP contribution in [0.1, 0.15) is 39.5 Å². The number of amides is 1. The smallest absolute Gasteiger partial charge is 0.220 e. The molecule has 0 unspecified atom stereocenters. The summed E-state index contributed by atoms with van der Waals surface area (Å²) >= 11 is 0. The fraction of sp³-hybridized carbons (Fsp3) is 0.833. The molecule has 110 valence electrons. The van der Waals surface area contributed by atoms with Crippen LogP contribution in [-0.4, -0.2) is 49.3 Å². The number of hydrogen-bond acceptors (Lipinski definition) is 4. The standard InChI is InChI=1S/C12H22N2O4S/c1-3-19(17,18)14-8-6-11(7-9-14)13-12(16)5-4-10(2)15/h11H,3-9H2,1-2H3,(H,13,16). The molecule has 1 amide bonds. The number of carbonyl (C=O) groups excluding carboxylic acids is 2. The summed E-state index contributed by atoms with van der Waals surface area (Å²) < 4.78 is 24.8. The molecule has 0 aromatic rings. The van der Waals surface area contributed by atoms with Crippen LogP contribution in [0.3, 0.4) is 0 Å². The molecule has 1 saturated heterocycles. The summed E-state index contributed by atoms with van der Waals surface area (Å²) in [4.78, 5) is 22.3. The Balaban J connectivity index is 2.34. The van der Waals surface area contributed by atoms with Crippen LogP contribution in [0, 0.1) is 0 Å². The van der Waals surface area contributed by atoms with Crippen molar-refractivity contribution in [1.29, 1.82) is 0 Å². The molecular weight excluding hydrogens is 268 g/mol. The maximum Gasteiger partial charge on any atom is 0.220 e. The third kappa shape index (κ3) is 5.28. The van der Waals surface area contributed by atoms with E-state index in [9.17, 15) is 18.0 Å². The van der Waals surface area contributed by atoms with Crippen LogP contribution in [0.2, 0.25) is 0 Å². The predicted molar refractivity (Wildman–Crippen MR) is 72.1 cm³/mol. The molecule has 0 aromatic carbocycles. The summed E-state index contributed by atoms with van der Waals surface area (Å²) in [5, 5.41) is 2.85. The van der Waals surface area contributed by atoms with E-state index in [1.54, 1.807) is 6.92 Å². The van der Waals surface area contributed by atoms with E-state index in [2.05, 4.69) is 5.32 Å². The molecule has 0 radical (unpaired) electrons. The van der Waals surface area contributed by atoms with Crippen molar-refractivity contribution >= 4 is 21.7 Å². The topological polar surface area (TPSA) is 83.6 Å². The lowest BCUT2D eigenvalue weighted by Gasteiger charge is -2.31. The average Bonchev–Trinajstić information content (AvgIpc) is 2.37. The summed E-state index contributed by atoms with van der Waals surface area (Å²) in [6.45, 7) is 3.99. The van der Waals surface area contributed by atoms with Gasteiger partial charge >= 0.3 is 0 Å². The van der Waals surface area contributed by atoms with Crippen molar-refractivity contribution < 1.29 is 18.0 Å². The first-order valence-electron chi connectivity index (χ1n) is 6.61. The molecule has 6 nitrogen and oxygen atoms in total. The molecule has 0 spiro atoms. The number of hydrogen-bond donors (Lipinski definition) is 1. The average molecular weight is 290 g/mol. The van der Waals surface area contributed by atoms with Gasteiger partial charge in [-0.25, -0.2) is 12.7 Å². The van der Waals surface area contributed by atoms with Gasteiger partial charge in [-0.15, -0.1) is 0 Å². The molecule has 19 heavy (non-hydrogen) atoms. The number of rotatable bonds is 6. The number of piperidine rings is 1. The van der Waals surface area contributed by atoms with Gasteiger partial charge in [0.15, 0.2) is 0 Å². The van der Waals surface area contributed by atoms with Crippen molar-refractivity contribution in [1.82, 2.24) is 9.62 Å². The second-order valence-corrected chi connectivity index (χ2v) is 7.10. The van der Waals surface area contributed by atoms with E-state index in [0.717, 1.165) is 0 Å². The largest absolute Gasteiger partial charge is 0.353 e. The first-order valence-corrected chi connectivity index (χ1v) is 8.22. The third-order valence-electron chi connectivity index (χ3n) is 3.28. The highest BCUT2D eigenvalue weighted by molar-refractivity contribution is 7.89. The Morgan fingerprint density at radius 1 is 1.21 bits per heavy atom. The van der Waals surface area contributed by atoms with E-state index in [1.807, 2.05) is 0 Å². The molecule has 0 aliphatic carbocycles. The molecule has 0 bridgehead atoms.